The van der Waals surface area contributed by atoms with Crippen molar-refractivity contribution in [1.29, 1.82) is 0 Å². The molecule has 0 aliphatic carbocycles. The Morgan fingerprint density at radius 2 is 2.29 bits per heavy atom. The number of benzene rings is 1. The van der Waals surface area contributed by atoms with Crippen LogP contribution in [0.1, 0.15) is 24.4 Å². The fraction of sp³-hybridized carbons (Fsp3) is 0.400. The molecule has 4 heteroatoms. The van der Waals surface area contributed by atoms with Crippen LogP contribution >= 0.6 is 27.5 Å². The molecule has 1 aromatic rings. The second-order valence-corrected chi connectivity index (χ2v) is 4.65. The lowest BCUT2D eigenvalue weighted by molar-refractivity contribution is 0.602. The molecule has 0 radical (unpaired) electrons. The Hall–Kier alpha value is -0.120. The van der Waals surface area contributed by atoms with E-state index in [9.17, 15) is 4.39 Å². The van der Waals surface area contributed by atoms with Crippen LogP contribution in [0.4, 0.5) is 4.39 Å². The minimum atomic E-state index is -0.291. The lowest BCUT2D eigenvalue weighted by Crippen LogP contribution is -2.13. The molecule has 0 spiro atoms. The van der Waals surface area contributed by atoms with Crippen LogP contribution in [0.25, 0.3) is 0 Å². The van der Waals surface area contributed by atoms with Gasteiger partial charge in [-0.1, -0.05) is 11.6 Å². The first kappa shape index (κ1) is 10.4. The molecule has 2 rings (SSSR count). The second kappa shape index (κ2) is 4.17. The van der Waals surface area contributed by atoms with Gasteiger partial charge in [-0.05, 0) is 53.0 Å². The van der Waals surface area contributed by atoms with Crippen LogP contribution in [-0.2, 0) is 0 Å². The molecule has 0 aromatic heterocycles. The molecule has 1 aromatic carbocycles. The third kappa shape index (κ3) is 1.95. The van der Waals surface area contributed by atoms with Gasteiger partial charge in [-0.15, -0.1) is 0 Å². The van der Waals surface area contributed by atoms with E-state index in [4.69, 9.17) is 11.6 Å². The summed E-state index contributed by atoms with van der Waals surface area (Å²) in [6, 6.07) is 3.62. The first-order valence-electron chi connectivity index (χ1n) is 4.56. The standard InChI is InChI=1S/C10H10BrClFN/c11-10-7(12)4-6(5-8(10)13)9-2-1-3-14-9/h4-5,9,14H,1-3H2. The van der Waals surface area contributed by atoms with E-state index in [-0.39, 0.29) is 11.9 Å². The van der Waals surface area contributed by atoms with Crippen LogP contribution in [0.15, 0.2) is 16.6 Å². The predicted molar refractivity (Wildman–Crippen MR) is 59.1 cm³/mol. The van der Waals surface area contributed by atoms with Crippen LogP contribution < -0.4 is 5.32 Å². The van der Waals surface area contributed by atoms with Gasteiger partial charge in [-0.2, -0.15) is 0 Å². The summed E-state index contributed by atoms with van der Waals surface area (Å²) in [6.07, 6.45) is 2.19. The molecule has 1 heterocycles. The quantitative estimate of drug-likeness (QED) is 0.773. The molecule has 0 bridgehead atoms. The first-order valence-corrected chi connectivity index (χ1v) is 5.73. The predicted octanol–water partition coefficient (Wildman–Crippen LogP) is 3.67. The van der Waals surface area contributed by atoms with Crippen molar-refractivity contribution < 1.29 is 4.39 Å². The highest BCUT2D eigenvalue weighted by atomic mass is 79.9. The van der Waals surface area contributed by atoms with Gasteiger partial charge in [0.25, 0.3) is 0 Å². The monoisotopic (exact) mass is 277 g/mol. The highest BCUT2D eigenvalue weighted by molar-refractivity contribution is 9.10. The minimum absolute atomic E-state index is 0.259. The zero-order valence-electron chi connectivity index (χ0n) is 7.49. The van der Waals surface area contributed by atoms with Gasteiger partial charge in [0.1, 0.15) is 5.82 Å². The summed E-state index contributed by atoms with van der Waals surface area (Å²) < 4.78 is 13.7. The number of hydrogen-bond acceptors (Lipinski definition) is 1. The molecule has 1 saturated heterocycles. The van der Waals surface area contributed by atoms with E-state index in [0.717, 1.165) is 24.9 Å². The topological polar surface area (TPSA) is 12.0 Å². The van der Waals surface area contributed by atoms with Crippen LogP contribution in [-0.4, -0.2) is 6.54 Å². The van der Waals surface area contributed by atoms with Gasteiger partial charge in [-0.25, -0.2) is 4.39 Å². The van der Waals surface area contributed by atoms with Gasteiger partial charge in [-0.3, -0.25) is 0 Å². The van der Waals surface area contributed by atoms with E-state index in [1.807, 2.05) is 6.07 Å². The van der Waals surface area contributed by atoms with E-state index >= 15 is 0 Å². The average molecular weight is 279 g/mol. The highest BCUT2D eigenvalue weighted by Crippen LogP contribution is 2.31. The molecule has 0 saturated carbocycles. The maximum absolute atomic E-state index is 13.3. The molecular formula is C10H10BrClFN. The van der Waals surface area contributed by atoms with Crippen molar-refractivity contribution in [3.63, 3.8) is 0 Å². The maximum atomic E-state index is 13.3. The summed E-state index contributed by atoms with van der Waals surface area (Å²) in [5.74, 6) is -0.291. The molecular weight excluding hydrogens is 268 g/mol. The van der Waals surface area contributed by atoms with Gasteiger partial charge in [0.05, 0.1) is 9.50 Å². The zero-order chi connectivity index (χ0) is 10.1. The van der Waals surface area contributed by atoms with E-state index in [1.54, 1.807) is 6.07 Å². The fourth-order valence-corrected chi connectivity index (χ4v) is 2.19. The van der Waals surface area contributed by atoms with Crippen molar-refractivity contribution >= 4 is 27.5 Å². The number of halogens is 3. The Labute approximate surface area is 95.8 Å². The van der Waals surface area contributed by atoms with E-state index < -0.39 is 0 Å². The van der Waals surface area contributed by atoms with E-state index in [0.29, 0.717) is 9.50 Å². The van der Waals surface area contributed by atoms with Gasteiger partial charge in [0.2, 0.25) is 0 Å². The smallest absolute Gasteiger partial charge is 0.139 e. The minimum Gasteiger partial charge on any atom is -0.310 e. The Balaban J connectivity index is 2.34. The number of hydrogen-bond donors (Lipinski definition) is 1. The highest BCUT2D eigenvalue weighted by Gasteiger charge is 2.18. The van der Waals surface area contributed by atoms with Crippen LogP contribution in [0, 0.1) is 5.82 Å². The summed E-state index contributed by atoms with van der Waals surface area (Å²) in [5.41, 5.74) is 0.938. The van der Waals surface area contributed by atoms with E-state index in [2.05, 4.69) is 21.2 Å². The molecule has 1 atom stereocenters. The van der Waals surface area contributed by atoms with Gasteiger partial charge in [0.15, 0.2) is 0 Å². The molecule has 1 nitrogen and oxygen atoms in total. The lowest BCUT2D eigenvalue weighted by Gasteiger charge is -2.11. The van der Waals surface area contributed by atoms with Crippen LogP contribution in [0.2, 0.25) is 5.02 Å². The summed E-state index contributed by atoms with van der Waals surface area (Å²) in [4.78, 5) is 0. The molecule has 1 fully saturated rings. The Kier molecular flexibility index (Phi) is 3.10. The zero-order valence-corrected chi connectivity index (χ0v) is 9.83. The molecule has 14 heavy (non-hydrogen) atoms. The Morgan fingerprint density at radius 1 is 1.50 bits per heavy atom. The van der Waals surface area contributed by atoms with Crippen molar-refractivity contribution in [3.8, 4) is 0 Å². The number of nitrogens with one attached hydrogen (secondary N) is 1. The summed E-state index contributed by atoms with van der Waals surface area (Å²) in [6.45, 7) is 1.000. The van der Waals surface area contributed by atoms with Crippen LogP contribution in [0.3, 0.4) is 0 Å². The third-order valence-electron chi connectivity index (χ3n) is 2.47. The third-order valence-corrected chi connectivity index (χ3v) is 3.80. The number of rotatable bonds is 1. The van der Waals surface area contributed by atoms with Crippen LogP contribution in [0.5, 0.6) is 0 Å². The normalized spacial score (nSPS) is 21.5. The van der Waals surface area contributed by atoms with Crippen molar-refractivity contribution in [2.24, 2.45) is 0 Å². The molecule has 1 aliphatic heterocycles. The first-order chi connectivity index (χ1) is 6.68. The molecule has 76 valence electrons. The van der Waals surface area contributed by atoms with Crippen molar-refractivity contribution in [2.45, 2.75) is 18.9 Å². The molecule has 0 amide bonds. The summed E-state index contributed by atoms with van der Waals surface area (Å²) in [5, 5.41) is 3.74. The van der Waals surface area contributed by atoms with Gasteiger partial charge < -0.3 is 5.32 Å². The molecule has 1 N–H and O–H groups in total. The maximum Gasteiger partial charge on any atom is 0.139 e. The summed E-state index contributed by atoms with van der Waals surface area (Å²) in [7, 11) is 0. The van der Waals surface area contributed by atoms with E-state index in [1.165, 1.54) is 0 Å². The van der Waals surface area contributed by atoms with Crippen molar-refractivity contribution in [2.75, 3.05) is 6.54 Å². The SMILES string of the molecule is Fc1cc(C2CCCN2)cc(Cl)c1Br. The fourth-order valence-electron chi connectivity index (χ4n) is 1.75. The van der Waals surface area contributed by atoms with Gasteiger partial charge >= 0.3 is 0 Å². The average Bonchev–Trinajstić information content (AvgIpc) is 2.66. The summed E-state index contributed by atoms with van der Waals surface area (Å²) >= 11 is 8.98. The lowest BCUT2D eigenvalue weighted by atomic mass is 10.1. The Bertz CT molecular complexity index is 327. The van der Waals surface area contributed by atoms with Crippen molar-refractivity contribution in [3.05, 3.63) is 33.0 Å². The largest absolute Gasteiger partial charge is 0.310 e. The molecule has 1 aliphatic rings. The Morgan fingerprint density at radius 3 is 2.86 bits per heavy atom. The van der Waals surface area contributed by atoms with Crippen molar-refractivity contribution in [1.82, 2.24) is 5.32 Å². The second-order valence-electron chi connectivity index (χ2n) is 3.45. The molecule has 1 unspecified atom stereocenters. The van der Waals surface area contributed by atoms with Gasteiger partial charge in [0, 0.05) is 6.04 Å².